The number of methoxy groups -OCH3 is 1. The Morgan fingerprint density at radius 3 is 2.56 bits per heavy atom. The molecule has 138 valence electrons. The lowest BCUT2D eigenvalue weighted by molar-refractivity contribution is 0.0602. The summed E-state index contributed by atoms with van der Waals surface area (Å²) >= 11 is 7.18. The number of nitrogens with one attached hydrogen (secondary N) is 1. The monoisotopic (exact) mass is 403 g/mol. The van der Waals surface area contributed by atoms with Gasteiger partial charge < -0.3 is 10.1 Å². The number of anilines is 1. The number of carbonyl (C=O) groups excluding carboxylic acids is 2. The maximum atomic E-state index is 14.0. The number of carbonyl (C=O) groups is 2. The van der Waals surface area contributed by atoms with Crippen molar-refractivity contribution < 1.29 is 18.7 Å². The minimum absolute atomic E-state index is 0.00631. The fraction of sp³-hybridized carbons (Fsp3) is 0.100. The van der Waals surface area contributed by atoms with Crippen LogP contribution < -0.4 is 5.32 Å². The summed E-state index contributed by atoms with van der Waals surface area (Å²) in [5.74, 6) is -2.04. The average molecular weight is 404 g/mol. The standard InChI is InChI=1S/C20H15ClFNO3S/c1-26-20(25)14-11-13(10-12-6-3-2-4-7-12)27-19(14)23-18(24)17-15(21)8-5-9-16(17)22/h2-9,11H,10H2,1H3,(H,23,24). The first-order valence-electron chi connectivity index (χ1n) is 8.00. The number of esters is 1. The van der Waals surface area contributed by atoms with Crippen LogP contribution in [0.4, 0.5) is 9.39 Å². The lowest BCUT2D eigenvalue weighted by Gasteiger charge is -2.07. The summed E-state index contributed by atoms with van der Waals surface area (Å²) in [6.45, 7) is 0. The molecule has 1 N–H and O–H groups in total. The zero-order valence-corrected chi connectivity index (χ0v) is 15.9. The zero-order valence-electron chi connectivity index (χ0n) is 14.3. The molecule has 0 aliphatic rings. The van der Waals surface area contributed by atoms with Gasteiger partial charge in [0, 0.05) is 11.3 Å². The molecule has 0 saturated heterocycles. The molecule has 4 nitrogen and oxygen atoms in total. The maximum absolute atomic E-state index is 14.0. The van der Waals surface area contributed by atoms with Gasteiger partial charge in [-0.2, -0.15) is 0 Å². The molecule has 3 aromatic rings. The van der Waals surface area contributed by atoms with Gasteiger partial charge in [-0.05, 0) is 23.8 Å². The smallest absolute Gasteiger partial charge is 0.340 e. The van der Waals surface area contributed by atoms with E-state index in [1.165, 1.54) is 30.6 Å². The maximum Gasteiger partial charge on any atom is 0.340 e. The van der Waals surface area contributed by atoms with Gasteiger partial charge in [-0.3, -0.25) is 4.79 Å². The van der Waals surface area contributed by atoms with Crippen LogP contribution in [0.5, 0.6) is 0 Å². The Morgan fingerprint density at radius 2 is 1.89 bits per heavy atom. The van der Waals surface area contributed by atoms with E-state index < -0.39 is 17.7 Å². The summed E-state index contributed by atoms with van der Waals surface area (Å²) in [6, 6.07) is 15.4. The Labute approximate surface area is 164 Å². The largest absolute Gasteiger partial charge is 0.465 e. The SMILES string of the molecule is COC(=O)c1cc(Cc2ccccc2)sc1NC(=O)c1c(F)cccc1Cl. The van der Waals surface area contributed by atoms with E-state index in [0.29, 0.717) is 6.42 Å². The molecule has 0 unspecified atom stereocenters. The summed E-state index contributed by atoms with van der Waals surface area (Å²) in [7, 11) is 1.26. The van der Waals surface area contributed by atoms with Gasteiger partial charge in [0.2, 0.25) is 0 Å². The molecular formula is C20H15ClFNO3S. The summed E-state index contributed by atoms with van der Waals surface area (Å²) in [5.41, 5.74) is 1.01. The Bertz CT molecular complexity index is 968. The fourth-order valence-electron chi connectivity index (χ4n) is 2.56. The van der Waals surface area contributed by atoms with E-state index in [-0.39, 0.29) is 21.2 Å². The third-order valence-electron chi connectivity index (χ3n) is 3.83. The highest BCUT2D eigenvalue weighted by molar-refractivity contribution is 7.16. The first-order valence-corrected chi connectivity index (χ1v) is 9.19. The molecule has 7 heteroatoms. The first-order chi connectivity index (χ1) is 13.0. The molecule has 27 heavy (non-hydrogen) atoms. The predicted octanol–water partition coefficient (Wildman–Crippen LogP) is 5.17. The fourth-order valence-corrected chi connectivity index (χ4v) is 3.88. The highest BCUT2D eigenvalue weighted by Gasteiger charge is 2.22. The highest BCUT2D eigenvalue weighted by atomic mass is 35.5. The zero-order chi connectivity index (χ0) is 19.4. The summed E-state index contributed by atoms with van der Waals surface area (Å²) in [5, 5.41) is 2.87. The van der Waals surface area contributed by atoms with Gasteiger partial charge >= 0.3 is 5.97 Å². The lowest BCUT2D eigenvalue weighted by atomic mass is 10.1. The quantitative estimate of drug-likeness (QED) is 0.598. The number of ether oxygens (including phenoxy) is 1. The van der Waals surface area contributed by atoms with Crippen LogP contribution in [0.1, 0.15) is 31.2 Å². The average Bonchev–Trinajstić information content (AvgIpc) is 3.04. The van der Waals surface area contributed by atoms with E-state index in [4.69, 9.17) is 16.3 Å². The third kappa shape index (κ3) is 4.35. The Hall–Kier alpha value is -2.70. The second-order valence-electron chi connectivity index (χ2n) is 5.66. The second kappa shape index (κ2) is 8.33. The van der Waals surface area contributed by atoms with Gasteiger partial charge in [-0.25, -0.2) is 9.18 Å². The molecule has 3 rings (SSSR count). The van der Waals surface area contributed by atoms with E-state index in [2.05, 4.69) is 5.32 Å². The van der Waals surface area contributed by atoms with Gasteiger partial charge in [-0.15, -0.1) is 11.3 Å². The van der Waals surface area contributed by atoms with Crippen molar-refractivity contribution in [3.8, 4) is 0 Å². The van der Waals surface area contributed by atoms with E-state index in [1.54, 1.807) is 6.07 Å². The molecule has 0 atom stereocenters. The van der Waals surface area contributed by atoms with Crippen LogP contribution in [0.3, 0.4) is 0 Å². The topological polar surface area (TPSA) is 55.4 Å². The molecule has 0 bridgehead atoms. The molecule has 0 radical (unpaired) electrons. The summed E-state index contributed by atoms with van der Waals surface area (Å²) in [6.07, 6.45) is 0.589. The van der Waals surface area contributed by atoms with E-state index in [1.807, 2.05) is 30.3 Å². The van der Waals surface area contributed by atoms with Gasteiger partial charge in [0.25, 0.3) is 5.91 Å². The van der Waals surface area contributed by atoms with Gasteiger partial charge in [0.1, 0.15) is 10.8 Å². The van der Waals surface area contributed by atoms with Gasteiger partial charge in [0.05, 0.1) is 23.3 Å². The number of halogens is 2. The van der Waals surface area contributed by atoms with Crippen molar-refractivity contribution in [1.82, 2.24) is 0 Å². The van der Waals surface area contributed by atoms with Crippen molar-refractivity contribution in [1.29, 1.82) is 0 Å². The van der Waals surface area contributed by atoms with Crippen molar-refractivity contribution in [2.75, 3.05) is 12.4 Å². The number of benzene rings is 2. The second-order valence-corrected chi connectivity index (χ2v) is 7.20. The molecule has 0 aliphatic heterocycles. The summed E-state index contributed by atoms with van der Waals surface area (Å²) in [4.78, 5) is 25.4. The molecule has 2 aromatic carbocycles. The highest BCUT2D eigenvalue weighted by Crippen LogP contribution is 2.31. The van der Waals surface area contributed by atoms with Crippen LogP contribution >= 0.6 is 22.9 Å². The Morgan fingerprint density at radius 1 is 1.15 bits per heavy atom. The minimum atomic E-state index is -0.735. The van der Waals surface area contributed by atoms with Crippen molar-refractivity contribution in [2.24, 2.45) is 0 Å². The molecule has 0 aliphatic carbocycles. The molecule has 0 saturated carbocycles. The number of hydrogen-bond acceptors (Lipinski definition) is 4. The van der Waals surface area contributed by atoms with Crippen LogP contribution in [0, 0.1) is 5.82 Å². The number of hydrogen-bond donors (Lipinski definition) is 1. The van der Waals surface area contributed by atoms with Crippen molar-refractivity contribution >= 4 is 39.8 Å². The molecular weight excluding hydrogens is 389 g/mol. The molecule has 1 heterocycles. The van der Waals surface area contributed by atoms with Gasteiger partial charge in [0.15, 0.2) is 0 Å². The van der Waals surface area contributed by atoms with Crippen LogP contribution in [-0.4, -0.2) is 19.0 Å². The van der Waals surface area contributed by atoms with Crippen LogP contribution in [0.2, 0.25) is 5.02 Å². The van der Waals surface area contributed by atoms with Crippen molar-refractivity contribution in [2.45, 2.75) is 6.42 Å². The van der Waals surface area contributed by atoms with Crippen molar-refractivity contribution in [3.63, 3.8) is 0 Å². The molecule has 1 aromatic heterocycles. The molecule has 1 amide bonds. The first kappa shape index (κ1) is 19.1. The molecule has 0 fully saturated rings. The van der Waals surface area contributed by atoms with Crippen LogP contribution in [-0.2, 0) is 11.2 Å². The summed E-state index contributed by atoms with van der Waals surface area (Å²) < 4.78 is 18.8. The van der Waals surface area contributed by atoms with Crippen molar-refractivity contribution in [3.05, 3.63) is 87.0 Å². The number of rotatable bonds is 5. The number of amides is 1. The van der Waals surface area contributed by atoms with Crippen LogP contribution in [0.25, 0.3) is 0 Å². The predicted molar refractivity (Wildman–Crippen MR) is 104 cm³/mol. The third-order valence-corrected chi connectivity index (χ3v) is 5.19. The lowest BCUT2D eigenvalue weighted by Crippen LogP contribution is -2.15. The van der Waals surface area contributed by atoms with E-state index in [9.17, 15) is 14.0 Å². The van der Waals surface area contributed by atoms with E-state index in [0.717, 1.165) is 16.5 Å². The van der Waals surface area contributed by atoms with E-state index >= 15 is 0 Å². The van der Waals surface area contributed by atoms with Gasteiger partial charge in [-0.1, -0.05) is 48.0 Å². The normalized spacial score (nSPS) is 10.5. The Balaban J connectivity index is 1.91. The number of thiophene rings is 1. The molecule has 0 spiro atoms. The Kier molecular flexibility index (Phi) is 5.88. The van der Waals surface area contributed by atoms with Crippen LogP contribution in [0.15, 0.2) is 54.6 Å². The minimum Gasteiger partial charge on any atom is -0.465 e.